The molecule has 0 aromatic carbocycles. The Bertz CT molecular complexity index is 790. The van der Waals surface area contributed by atoms with E-state index in [0.717, 1.165) is 6.42 Å². The number of nitrogens with zero attached hydrogens (tertiary/aromatic N) is 2. The van der Waals surface area contributed by atoms with Crippen molar-refractivity contribution in [2.24, 2.45) is 11.8 Å². The molecule has 6 atom stereocenters. The molecule has 8 heteroatoms. The van der Waals surface area contributed by atoms with Crippen molar-refractivity contribution in [1.82, 2.24) is 9.80 Å². The lowest BCUT2D eigenvalue weighted by Gasteiger charge is -2.43. The molecular formula is C24H36N2O5S. The van der Waals surface area contributed by atoms with Gasteiger partial charge in [-0.15, -0.1) is 18.3 Å². The van der Waals surface area contributed by atoms with Crippen LogP contribution in [0.4, 0.5) is 0 Å². The first-order valence-electron chi connectivity index (χ1n) is 11.4. The molecule has 7 nitrogen and oxygen atoms in total. The predicted molar refractivity (Wildman–Crippen MR) is 125 cm³/mol. The number of hydrogen-bond donors (Lipinski definition) is 1. The van der Waals surface area contributed by atoms with E-state index < -0.39 is 40.2 Å². The maximum Gasteiger partial charge on any atom is 0.311 e. The highest BCUT2D eigenvalue weighted by Crippen LogP contribution is 2.67. The molecule has 3 saturated heterocycles. The summed E-state index contributed by atoms with van der Waals surface area (Å²) in [6.45, 7) is 15.4. The Morgan fingerprint density at radius 2 is 2.06 bits per heavy atom. The molecule has 1 N–H and O–H groups in total. The van der Waals surface area contributed by atoms with Gasteiger partial charge in [0, 0.05) is 17.3 Å². The van der Waals surface area contributed by atoms with Crippen LogP contribution < -0.4 is 0 Å². The molecule has 0 radical (unpaired) electrons. The maximum atomic E-state index is 14.1. The van der Waals surface area contributed by atoms with E-state index in [2.05, 4.69) is 13.2 Å². The van der Waals surface area contributed by atoms with Crippen LogP contribution in [0.1, 0.15) is 47.0 Å². The number of carbonyl (C=O) groups excluding carboxylic acids is 3. The summed E-state index contributed by atoms with van der Waals surface area (Å²) in [5.74, 6) is -1.96. The Balaban J connectivity index is 2.09. The SMILES string of the molecule is C=CCOC(=O)[C@@H]1[C@H]2C(=O)N([C@@H](CC)CO)C(C(=O)N(CC=C)C(C)(C)C)C23CC[C@H]1S3. The van der Waals surface area contributed by atoms with Crippen LogP contribution in [-0.2, 0) is 19.1 Å². The summed E-state index contributed by atoms with van der Waals surface area (Å²) in [6, 6.07) is -1.21. The van der Waals surface area contributed by atoms with Crippen molar-refractivity contribution < 1.29 is 24.2 Å². The average molecular weight is 465 g/mol. The molecule has 0 aromatic rings. The van der Waals surface area contributed by atoms with Crippen molar-refractivity contribution in [3.05, 3.63) is 25.3 Å². The van der Waals surface area contributed by atoms with Crippen LogP contribution in [0.25, 0.3) is 0 Å². The second-order valence-electron chi connectivity index (χ2n) is 9.87. The quantitative estimate of drug-likeness (QED) is 0.417. The fourth-order valence-corrected chi connectivity index (χ4v) is 7.84. The Kier molecular flexibility index (Phi) is 7.15. The number of aliphatic hydroxyl groups is 1. The van der Waals surface area contributed by atoms with E-state index in [4.69, 9.17) is 4.74 Å². The topological polar surface area (TPSA) is 87.1 Å². The molecule has 32 heavy (non-hydrogen) atoms. The number of amides is 2. The van der Waals surface area contributed by atoms with Crippen LogP contribution in [0.2, 0.25) is 0 Å². The van der Waals surface area contributed by atoms with Crippen molar-refractivity contribution >= 4 is 29.5 Å². The molecule has 2 amide bonds. The molecule has 3 aliphatic rings. The molecule has 2 bridgehead atoms. The molecule has 3 aliphatic heterocycles. The number of hydrogen-bond acceptors (Lipinski definition) is 6. The smallest absolute Gasteiger partial charge is 0.311 e. The Morgan fingerprint density at radius 3 is 2.59 bits per heavy atom. The van der Waals surface area contributed by atoms with Gasteiger partial charge in [0.05, 0.1) is 29.2 Å². The van der Waals surface area contributed by atoms with E-state index in [9.17, 15) is 19.5 Å². The first-order valence-corrected chi connectivity index (χ1v) is 12.3. The number of esters is 1. The van der Waals surface area contributed by atoms with Crippen LogP contribution in [-0.4, -0.2) is 80.1 Å². The van der Waals surface area contributed by atoms with Gasteiger partial charge in [-0.1, -0.05) is 25.7 Å². The second-order valence-corrected chi connectivity index (χ2v) is 11.5. The normalized spacial score (nSPS) is 31.9. The summed E-state index contributed by atoms with van der Waals surface area (Å²) in [5, 5.41) is 10.0. The van der Waals surface area contributed by atoms with Gasteiger partial charge in [0.15, 0.2) is 0 Å². The molecule has 3 heterocycles. The molecule has 1 spiro atoms. The zero-order valence-electron chi connectivity index (χ0n) is 19.6. The van der Waals surface area contributed by atoms with Crippen molar-refractivity contribution in [2.75, 3.05) is 19.8 Å². The van der Waals surface area contributed by atoms with E-state index in [0.29, 0.717) is 19.4 Å². The number of thioether (sulfide) groups is 1. The molecule has 0 aliphatic carbocycles. The van der Waals surface area contributed by atoms with Gasteiger partial charge >= 0.3 is 5.97 Å². The van der Waals surface area contributed by atoms with Gasteiger partial charge in [-0.25, -0.2) is 0 Å². The zero-order valence-corrected chi connectivity index (χ0v) is 20.4. The highest BCUT2D eigenvalue weighted by Gasteiger charge is 2.74. The lowest BCUT2D eigenvalue weighted by Crippen LogP contribution is -2.60. The Hall–Kier alpha value is -1.80. The van der Waals surface area contributed by atoms with Crippen molar-refractivity contribution in [1.29, 1.82) is 0 Å². The molecule has 0 aromatic heterocycles. The van der Waals surface area contributed by atoms with Crippen LogP contribution in [0.3, 0.4) is 0 Å². The van der Waals surface area contributed by atoms with Gasteiger partial charge in [0.1, 0.15) is 12.6 Å². The Labute approximate surface area is 195 Å². The van der Waals surface area contributed by atoms with Gasteiger partial charge in [-0.3, -0.25) is 14.4 Å². The van der Waals surface area contributed by atoms with Crippen molar-refractivity contribution in [2.45, 2.75) is 74.6 Å². The van der Waals surface area contributed by atoms with Crippen LogP contribution in [0.15, 0.2) is 25.3 Å². The predicted octanol–water partition coefficient (Wildman–Crippen LogP) is 2.39. The van der Waals surface area contributed by atoms with Gasteiger partial charge in [0.25, 0.3) is 0 Å². The molecule has 0 saturated carbocycles. The first-order chi connectivity index (χ1) is 15.1. The largest absolute Gasteiger partial charge is 0.461 e. The van der Waals surface area contributed by atoms with Gasteiger partial charge in [-0.05, 0) is 40.0 Å². The molecular weight excluding hydrogens is 428 g/mol. The van der Waals surface area contributed by atoms with Crippen LogP contribution in [0.5, 0.6) is 0 Å². The number of ether oxygens (including phenoxy) is 1. The van der Waals surface area contributed by atoms with Gasteiger partial charge in [0.2, 0.25) is 11.8 Å². The summed E-state index contributed by atoms with van der Waals surface area (Å²) in [7, 11) is 0. The van der Waals surface area contributed by atoms with Crippen LogP contribution >= 0.6 is 11.8 Å². The highest BCUT2D eigenvalue weighted by atomic mass is 32.2. The first kappa shape index (κ1) is 24.8. The number of likely N-dealkylation sites (tertiary alicyclic amines) is 1. The summed E-state index contributed by atoms with van der Waals surface area (Å²) in [4.78, 5) is 44.3. The third-order valence-corrected chi connectivity index (χ3v) is 9.00. The lowest BCUT2D eigenvalue weighted by molar-refractivity contribution is -0.153. The molecule has 2 unspecified atom stereocenters. The molecule has 3 fully saturated rings. The summed E-state index contributed by atoms with van der Waals surface area (Å²) >= 11 is 1.60. The standard InChI is InChI=1S/C24H36N2O5S/c1-7-12-25(23(4,5)6)21(29)19-24-11-10-16(32-24)17(22(30)31-13-8-2)18(24)20(28)26(19)15(9-3)14-27/h7-8,15-19,27H,1-2,9-14H2,3-6H3/t15-,16+,17-,18-,19?,24?/m0/s1. The fourth-order valence-electron chi connectivity index (χ4n) is 5.65. The highest BCUT2D eigenvalue weighted by molar-refractivity contribution is 8.02. The summed E-state index contributed by atoms with van der Waals surface area (Å²) in [6.07, 6.45) is 5.17. The minimum Gasteiger partial charge on any atom is -0.461 e. The summed E-state index contributed by atoms with van der Waals surface area (Å²) in [5.41, 5.74) is -0.473. The second kappa shape index (κ2) is 9.21. The van der Waals surface area contributed by atoms with E-state index >= 15 is 0 Å². The third-order valence-electron chi connectivity index (χ3n) is 7.05. The van der Waals surface area contributed by atoms with E-state index in [1.54, 1.807) is 27.6 Å². The number of fused-ring (bicyclic) bond motifs is 1. The van der Waals surface area contributed by atoms with Gasteiger partial charge in [-0.2, -0.15) is 0 Å². The Morgan fingerprint density at radius 1 is 1.38 bits per heavy atom. The summed E-state index contributed by atoms with van der Waals surface area (Å²) < 4.78 is 4.68. The zero-order chi connectivity index (χ0) is 23.8. The van der Waals surface area contributed by atoms with Crippen molar-refractivity contribution in [3.8, 4) is 0 Å². The number of rotatable bonds is 9. The maximum absolute atomic E-state index is 14.1. The lowest BCUT2D eigenvalue weighted by atomic mass is 9.71. The third kappa shape index (κ3) is 3.79. The molecule has 178 valence electrons. The molecule has 3 rings (SSSR count). The van der Waals surface area contributed by atoms with Crippen LogP contribution in [0, 0.1) is 11.8 Å². The minimum atomic E-state index is -0.733. The fraction of sp³-hybridized carbons (Fsp3) is 0.708. The minimum absolute atomic E-state index is 0.0459. The van der Waals surface area contributed by atoms with Gasteiger partial charge < -0.3 is 19.6 Å². The average Bonchev–Trinajstić information content (AvgIpc) is 3.38. The van der Waals surface area contributed by atoms with E-state index in [-0.39, 0.29) is 30.3 Å². The van der Waals surface area contributed by atoms with E-state index in [1.165, 1.54) is 6.08 Å². The van der Waals surface area contributed by atoms with Crippen molar-refractivity contribution in [3.63, 3.8) is 0 Å². The van der Waals surface area contributed by atoms with E-state index in [1.807, 2.05) is 27.7 Å². The number of aliphatic hydroxyl groups excluding tert-OH is 1. The monoisotopic (exact) mass is 464 g/mol. The number of carbonyl (C=O) groups is 3.